The fourth-order valence-corrected chi connectivity index (χ4v) is 1.42. The van der Waals surface area contributed by atoms with Crippen molar-refractivity contribution in [3.8, 4) is 6.07 Å². The fraction of sp³-hybridized carbons (Fsp3) is 0.364. The van der Waals surface area contributed by atoms with Crippen LogP contribution in [0.2, 0.25) is 5.02 Å². The van der Waals surface area contributed by atoms with Crippen LogP contribution in [0.3, 0.4) is 0 Å². The quantitative estimate of drug-likeness (QED) is 0.722. The summed E-state index contributed by atoms with van der Waals surface area (Å²) in [6, 6.07) is 9.96. The van der Waals surface area contributed by atoms with Crippen LogP contribution >= 0.6 is 11.6 Å². The van der Waals surface area contributed by atoms with E-state index in [0.29, 0.717) is 0 Å². The summed E-state index contributed by atoms with van der Waals surface area (Å²) in [7, 11) is 0. The van der Waals surface area contributed by atoms with Crippen LogP contribution in [0.1, 0.15) is 18.9 Å². The third-order valence-corrected chi connectivity index (χ3v) is 2.47. The molecular weight excluding hydrogens is 182 g/mol. The Morgan fingerprint density at radius 2 is 2.15 bits per heavy atom. The monoisotopic (exact) mass is 193 g/mol. The number of hydrogen-bond donors (Lipinski definition) is 0. The fourth-order valence-electron chi connectivity index (χ4n) is 1.21. The highest BCUT2D eigenvalue weighted by atomic mass is 35.5. The van der Waals surface area contributed by atoms with Crippen molar-refractivity contribution >= 4 is 11.6 Å². The van der Waals surface area contributed by atoms with Crippen molar-refractivity contribution in [1.29, 1.82) is 5.26 Å². The third kappa shape index (κ3) is 2.75. The van der Waals surface area contributed by atoms with Gasteiger partial charge in [0.2, 0.25) is 0 Å². The summed E-state index contributed by atoms with van der Waals surface area (Å²) in [5.74, 6) is 0.0832. The van der Waals surface area contributed by atoms with E-state index in [0.717, 1.165) is 23.4 Å². The summed E-state index contributed by atoms with van der Waals surface area (Å²) in [6.07, 6.45) is 1.63. The standard InChI is InChI=1S/C11H12ClN/c1-2-9(8-13)7-10-5-3-4-6-11(10)12/h3-6,9H,2,7H2,1H3. The summed E-state index contributed by atoms with van der Waals surface area (Å²) in [5.41, 5.74) is 1.07. The SMILES string of the molecule is CCC(C#N)Cc1ccccc1Cl. The van der Waals surface area contributed by atoms with E-state index in [1.54, 1.807) is 0 Å². The Kier molecular flexibility index (Phi) is 3.79. The lowest BCUT2D eigenvalue weighted by molar-refractivity contribution is 0.638. The number of hydrogen-bond acceptors (Lipinski definition) is 1. The van der Waals surface area contributed by atoms with Gasteiger partial charge in [-0.3, -0.25) is 0 Å². The molecular formula is C11H12ClN. The summed E-state index contributed by atoms with van der Waals surface area (Å²) in [6.45, 7) is 2.02. The van der Waals surface area contributed by atoms with Crippen LogP contribution in [-0.4, -0.2) is 0 Å². The second-order valence-electron chi connectivity index (χ2n) is 3.03. The van der Waals surface area contributed by atoms with Gasteiger partial charge in [0.25, 0.3) is 0 Å². The van der Waals surface area contributed by atoms with Gasteiger partial charge in [-0.15, -0.1) is 0 Å². The van der Waals surface area contributed by atoms with E-state index in [1.807, 2.05) is 31.2 Å². The number of rotatable bonds is 3. The Morgan fingerprint density at radius 3 is 2.69 bits per heavy atom. The van der Waals surface area contributed by atoms with Gasteiger partial charge in [0.1, 0.15) is 0 Å². The molecule has 0 saturated carbocycles. The van der Waals surface area contributed by atoms with Crippen molar-refractivity contribution in [3.05, 3.63) is 34.9 Å². The van der Waals surface area contributed by atoms with E-state index in [-0.39, 0.29) is 5.92 Å². The molecule has 0 fully saturated rings. The molecule has 0 aromatic heterocycles. The van der Waals surface area contributed by atoms with Gasteiger partial charge < -0.3 is 0 Å². The lowest BCUT2D eigenvalue weighted by atomic mass is 9.98. The van der Waals surface area contributed by atoms with Crippen LogP contribution in [0, 0.1) is 17.2 Å². The minimum absolute atomic E-state index is 0.0832. The van der Waals surface area contributed by atoms with Crippen molar-refractivity contribution in [2.45, 2.75) is 19.8 Å². The minimum Gasteiger partial charge on any atom is -0.198 e. The van der Waals surface area contributed by atoms with Gasteiger partial charge >= 0.3 is 0 Å². The first-order valence-electron chi connectivity index (χ1n) is 4.41. The highest BCUT2D eigenvalue weighted by Crippen LogP contribution is 2.19. The molecule has 1 atom stereocenters. The zero-order chi connectivity index (χ0) is 9.68. The molecule has 0 heterocycles. The van der Waals surface area contributed by atoms with Crippen LogP contribution in [0.15, 0.2) is 24.3 Å². The summed E-state index contributed by atoms with van der Waals surface area (Å²) >= 11 is 5.97. The van der Waals surface area contributed by atoms with Crippen molar-refractivity contribution in [3.63, 3.8) is 0 Å². The van der Waals surface area contributed by atoms with Crippen LogP contribution in [0.5, 0.6) is 0 Å². The van der Waals surface area contributed by atoms with Gasteiger partial charge in [0, 0.05) is 5.02 Å². The minimum atomic E-state index is 0.0832. The molecule has 1 nitrogen and oxygen atoms in total. The molecule has 0 radical (unpaired) electrons. The van der Waals surface area contributed by atoms with E-state index in [2.05, 4.69) is 6.07 Å². The maximum absolute atomic E-state index is 8.79. The molecule has 0 amide bonds. The Morgan fingerprint density at radius 1 is 1.46 bits per heavy atom. The predicted octanol–water partition coefficient (Wildman–Crippen LogP) is 3.43. The highest BCUT2D eigenvalue weighted by Gasteiger charge is 2.07. The lowest BCUT2D eigenvalue weighted by Crippen LogP contribution is -2.00. The summed E-state index contributed by atoms with van der Waals surface area (Å²) in [5, 5.41) is 9.55. The maximum atomic E-state index is 8.79. The predicted molar refractivity (Wildman–Crippen MR) is 54.6 cm³/mol. The average molecular weight is 194 g/mol. The molecule has 0 aliphatic carbocycles. The second kappa shape index (κ2) is 4.89. The molecule has 68 valence electrons. The largest absolute Gasteiger partial charge is 0.198 e. The highest BCUT2D eigenvalue weighted by molar-refractivity contribution is 6.31. The van der Waals surface area contributed by atoms with E-state index in [1.165, 1.54) is 0 Å². The number of benzene rings is 1. The Balaban J connectivity index is 2.74. The molecule has 1 unspecified atom stereocenters. The van der Waals surface area contributed by atoms with Gasteiger partial charge in [-0.2, -0.15) is 5.26 Å². The van der Waals surface area contributed by atoms with Gasteiger partial charge in [-0.05, 0) is 24.5 Å². The first kappa shape index (κ1) is 10.1. The zero-order valence-electron chi connectivity index (χ0n) is 7.63. The van der Waals surface area contributed by atoms with Crippen LogP contribution < -0.4 is 0 Å². The molecule has 1 aromatic carbocycles. The Bertz CT molecular complexity index is 314. The molecule has 13 heavy (non-hydrogen) atoms. The first-order chi connectivity index (χ1) is 6.27. The topological polar surface area (TPSA) is 23.8 Å². The van der Waals surface area contributed by atoms with Crippen molar-refractivity contribution < 1.29 is 0 Å². The normalized spacial score (nSPS) is 12.1. The van der Waals surface area contributed by atoms with Crippen molar-refractivity contribution in [1.82, 2.24) is 0 Å². The molecule has 0 bridgehead atoms. The zero-order valence-corrected chi connectivity index (χ0v) is 8.38. The van der Waals surface area contributed by atoms with Gasteiger partial charge in [0.15, 0.2) is 0 Å². The van der Waals surface area contributed by atoms with Crippen LogP contribution in [0.4, 0.5) is 0 Å². The van der Waals surface area contributed by atoms with Gasteiger partial charge in [-0.1, -0.05) is 36.7 Å². The van der Waals surface area contributed by atoms with Crippen molar-refractivity contribution in [2.24, 2.45) is 5.92 Å². The first-order valence-corrected chi connectivity index (χ1v) is 4.78. The van der Waals surface area contributed by atoms with Crippen LogP contribution in [-0.2, 0) is 6.42 Å². The third-order valence-electron chi connectivity index (χ3n) is 2.10. The molecule has 2 heteroatoms. The lowest BCUT2D eigenvalue weighted by Gasteiger charge is -2.06. The molecule has 0 N–H and O–H groups in total. The van der Waals surface area contributed by atoms with E-state index in [9.17, 15) is 0 Å². The van der Waals surface area contributed by atoms with E-state index >= 15 is 0 Å². The number of halogens is 1. The molecule has 0 spiro atoms. The Hall–Kier alpha value is -1.00. The molecule has 0 aliphatic heterocycles. The molecule has 0 aliphatic rings. The smallest absolute Gasteiger partial charge is 0.0659 e. The van der Waals surface area contributed by atoms with E-state index in [4.69, 9.17) is 16.9 Å². The van der Waals surface area contributed by atoms with Crippen molar-refractivity contribution in [2.75, 3.05) is 0 Å². The molecule has 1 rings (SSSR count). The summed E-state index contributed by atoms with van der Waals surface area (Å²) < 4.78 is 0. The van der Waals surface area contributed by atoms with E-state index < -0.39 is 0 Å². The van der Waals surface area contributed by atoms with Crippen LogP contribution in [0.25, 0.3) is 0 Å². The van der Waals surface area contributed by atoms with Gasteiger partial charge in [-0.25, -0.2) is 0 Å². The maximum Gasteiger partial charge on any atom is 0.0659 e. The van der Waals surface area contributed by atoms with Gasteiger partial charge in [0.05, 0.1) is 12.0 Å². The number of nitriles is 1. The average Bonchev–Trinajstić information content (AvgIpc) is 2.17. The molecule has 0 saturated heterocycles. The Labute approximate surface area is 84.0 Å². The number of nitrogens with zero attached hydrogens (tertiary/aromatic N) is 1. The second-order valence-corrected chi connectivity index (χ2v) is 3.44. The molecule has 1 aromatic rings. The summed E-state index contributed by atoms with van der Waals surface area (Å²) in [4.78, 5) is 0.